The molecule has 0 heterocycles. The van der Waals surface area contributed by atoms with E-state index < -0.39 is 0 Å². The van der Waals surface area contributed by atoms with Crippen molar-refractivity contribution in [2.45, 2.75) is 107 Å². The molecule has 0 saturated heterocycles. The Labute approximate surface area is 636 Å². The van der Waals surface area contributed by atoms with Crippen LogP contribution in [0, 0.1) is 0 Å². The van der Waals surface area contributed by atoms with Crippen molar-refractivity contribution in [2.24, 2.45) is 0 Å². The van der Waals surface area contributed by atoms with Crippen LogP contribution >= 0.6 is 0 Å². The molecule has 0 aliphatic rings. The lowest BCUT2D eigenvalue weighted by molar-refractivity contribution is -0.948. The summed E-state index contributed by atoms with van der Waals surface area (Å²) in [6.07, 6.45) is 5.84. The lowest BCUT2D eigenvalue weighted by Crippen LogP contribution is -2.56. The molecule has 0 N–H and O–H groups in total. The molecule has 0 fully saturated rings. The molecule has 0 saturated carbocycles. The predicted octanol–water partition coefficient (Wildman–Crippen LogP) is 21.3. The molecule has 0 bridgehead atoms. The molecule has 562 valence electrons. The minimum absolute atomic E-state index is 0.209. The second-order valence-corrected chi connectivity index (χ2v) is 29.8. The van der Waals surface area contributed by atoms with E-state index in [2.05, 4.69) is 139 Å². The van der Waals surface area contributed by atoms with Crippen LogP contribution in [0.15, 0.2) is 218 Å². The van der Waals surface area contributed by atoms with Gasteiger partial charge in [0.05, 0.1) is 102 Å². The van der Waals surface area contributed by atoms with Crippen molar-refractivity contribution in [1.82, 2.24) is 0 Å². The van der Waals surface area contributed by atoms with Crippen LogP contribution in [-0.4, -0.2) is 174 Å². The van der Waals surface area contributed by atoms with E-state index in [1.807, 2.05) is 170 Å². The van der Waals surface area contributed by atoms with Crippen LogP contribution in [0.2, 0.25) is 0 Å². The number of quaternary nitrogens is 4. The molecule has 12 heteroatoms. The lowest BCUT2D eigenvalue weighted by atomic mass is 9.97. The van der Waals surface area contributed by atoms with Gasteiger partial charge in [0.15, 0.2) is 0 Å². The predicted molar refractivity (Wildman–Crippen MR) is 448 cm³/mol. The van der Waals surface area contributed by atoms with Crippen molar-refractivity contribution in [2.75, 3.05) is 126 Å². The zero-order valence-electron chi connectivity index (χ0n) is 66.3. The van der Waals surface area contributed by atoms with Crippen molar-refractivity contribution in [1.29, 1.82) is 0 Å². The highest BCUT2D eigenvalue weighted by Gasteiger charge is 2.32. The molecule has 0 aromatic heterocycles. The minimum atomic E-state index is -0.244. The molecule has 12 aromatic carbocycles. The van der Waals surface area contributed by atoms with Crippen LogP contribution in [0.3, 0.4) is 0 Å². The first-order valence-corrected chi connectivity index (χ1v) is 39.5. The first-order chi connectivity index (χ1) is 51.8. The average molecular weight is 1440 g/mol. The summed E-state index contributed by atoms with van der Waals surface area (Å²) < 4.78 is 26.9. The third-order valence-electron chi connectivity index (χ3n) is 22.5. The number of fused-ring (bicyclic) bond motifs is 8. The quantitative estimate of drug-likeness (QED) is 0.0190. The Morgan fingerprint density at radius 2 is 0.542 bits per heavy atom. The average Bonchev–Trinajstić information content (AvgIpc) is 0.787. The van der Waals surface area contributed by atoms with E-state index in [0.29, 0.717) is 54.7 Å². The molecule has 0 spiro atoms. The largest absolute Gasteiger partial charge is 0.456 e. The molecule has 3 atom stereocenters. The van der Waals surface area contributed by atoms with E-state index in [0.717, 1.165) is 202 Å². The fourth-order valence-electron chi connectivity index (χ4n) is 15.6. The topological polar surface area (TPSA) is 105 Å². The Hall–Kier alpha value is -9.56. The van der Waals surface area contributed by atoms with E-state index in [-0.39, 0.29) is 23.9 Å². The molecule has 12 rings (SSSR count). The summed E-state index contributed by atoms with van der Waals surface area (Å²) in [5.74, 6) is -0.891. The molecule has 12 nitrogen and oxygen atoms in total. The fourth-order valence-corrected chi connectivity index (χ4v) is 15.6. The van der Waals surface area contributed by atoms with Gasteiger partial charge in [-0.05, 0) is 178 Å². The lowest BCUT2D eigenvalue weighted by Gasteiger charge is -2.42. The summed E-state index contributed by atoms with van der Waals surface area (Å²) in [4.78, 5) is 52.1. The van der Waals surface area contributed by atoms with E-state index >= 15 is 0 Å². The highest BCUT2D eigenvalue weighted by Crippen LogP contribution is 2.34. The Morgan fingerprint density at radius 1 is 0.290 bits per heavy atom. The van der Waals surface area contributed by atoms with E-state index in [4.69, 9.17) is 18.9 Å². The van der Waals surface area contributed by atoms with Gasteiger partial charge in [0.1, 0.15) is 52.6 Å². The molecular formula is C95H118N4O8+4. The first-order valence-electron chi connectivity index (χ1n) is 39.5. The van der Waals surface area contributed by atoms with Gasteiger partial charge < -0.3 is 36.9 Å². The highest BCUT2D eigenvalue weighted by molar-refractivity contribution is 6.19. The van der Waals surface area contributed by atoms with Crippen LogP contribution in [0.4, 0.5) is 0 Å². The van der Waals surface area contributed by atoms with Gasteiger partial charge in [0.2, 0.25) is 0 Å². The van der Waals surface area contributed by atoms with Gasteiger partial charge in [-0.1, -0.05) is 228 Å². The second-order valence-electron chi connectivity index (χ2n) is 29.8. The molecule has 3 unspecified atom stereocenters. The van der Waals surface area contributed by atoms with Crippen molar-refractivity contribution in [3.8, 4) is 0 Å². The number of rotatable bonds is 30. The van der Waals surface area contributed by atoms with Gasteiger partial charge in [-0.2, -0.15) is 0 Å². The SMILES string of the molecule is CCCC[N+](CC)(CCC)CCOC(=O)c1c2ccccc2cc2ccccc12.CCC[N+](CC)(CCOC(=O)c1c2ccccc2cc2ccccc12)C(C)CC.CC[N+](CC)(CC)CCOC(=O)c1c2ccccc2cc2ccccc12.C[N+](C)(C)CCOC(=O)c1c2ccccc2cc2ccccc12. The Bertz CT molecular complexity index is 4740. The highest BCUT2D eigenvalue weighted by atomic mass is 16.5. The van der Waals surface area contributed by atoms with Gasteiger partial charge in [-0.3, -0.25) is 0 Å². The van der Waals surface area contributed by atoms with Crippen LogP contribution in [0.1, 0.15) is 143 Å². The van der Waals surface area contributed by atoms with Gasteiger partial charge in [-0.25, -0.2) is 19.2 Å². The number of hydrogen-bond donors (Lipinski definition) is 0. The Kier molecular flexibility index (Phi) is 29.6. The minimum Gasteiger partial charge on any atom is -0.456 e. The van der Waals surface area contributed by atoms with Gasteiger partial charge in [0.25, 0.3) is 0 Å². The second kappa shape index (κ2) is 38.8. The number of carbonyl (C=O) groups is 4. The monoisotopic (exact) mass is 1440 g/mol. The van der Waals surface area contributed by atoms with Crippen molar-refractivity contribution in [3.63, 3.8) is 0 Å². The van der Waals surface area contributed by atoms with Crippen molar-refractivity contribution < 1.29 is 56.1 Å². The zero-order chi connectivity index (χ0) is 76.6. The first kappa shape index (κ1) is 81.5. The number of carbonyl (C=O) groups excluding carboxylic acids is 4. The number of ether oxygens (including phenoxy) is 4. The number of likely N-dealkylation sites (N-methyl/N-ethyl adjacent to an activating group) is 4. The molecule has 0 aliphatic heterocycles. The zero-order valence-corrected chi connectivity index (χ0v) is 66.3. The molecule has 107 heavy (non-hydrogen) atoms. The summed E-state index contributed by atoms with van der Waals surface area (Å²) in [6, 6.07) is 73.4. The van der Waals surface area contributed by atoms with E-state index in [1.54, 1.807) is 0 Å². The molecule has 0 radical (unpaired) electrons. The van der Waals surface area contributed by atoms with Crippen molar-refractivity contribution >= 4 is 110 Å². The summed E-state index contributed by atoms with van der Waals surface area (Å²) in [6.45, 7) is 36.3. The summed E-state index contributed by atoms with van der Waals surface area (Å²) in [5, 5.41) is 16.2. The fraction of sp³-hybridized carbons (Fsp3) is 0.368. The maximum atomic E-state index is 13.2. The summed E-state index contributed by atoms with van der Waals surface area (Å²) >= 11 is 0. The van der Waals surface area contributed by atoms with Gasteiger partial charge in [-0.15, -0.1) is 0 Å². The summed E-state index contributed by atoms with van der Waals surface area (Å²) in [7, 11) is 6.25. The number of nitrogens with zero attached hydrogens (tertiary/aromatic N) is 4. The van der Waals surface area contributed by atoms with E-state index in [9.17, 15) is 19.2 Å². The van der Waals surface area contributed by atoms with Crippen LogP contribution in [0.5, 0.6) is 0 Å². The molecule has 0 amide bonds. The van der Waals surface area contributed by atoms with Gasteiger partial charge in [0, 0.05) is 0 Å². The molecular weight excluding hydrogens is 1330 g/mol. The molecule has 0 aliphatic carbocycles. The van der Waals surface area contributed by atoms with Crippen LogP contribution in [0.25, 0.3) is 86.2 Å². The number of esters is 4. The standard InChI is InChI=1S/2C26H34NO2.C23H28NO2.C20H22NO2/c1-5-16-27(7-3,20(4)6-2)17-18-29-26(28)25-23-14-10-8-12-21(23)19-22-13-9-11-15-24(22)25;1-4-7-17-27(6-3,16-5-2)18-19-29-26(28)25-23-14-10-8-12-21(23)20-22-13-9-11-15-24(22)25;1-4-24(5-2,6-3)15-16-26-23(25)22-20-13-9-7-11-18(20)17-19-12-8-10-14-21(19)22;1-21(2,3)12-13-23-20(22)19-17-10-6-4-8-15(17)14-16-9-5-7-11-18(16)19/h8-15,19-20H,5-7,16-18H2,1-4H3;8-15,20H,4-7,16-19H2,1-3H3;7-14,17H,4-6,15-16H2,1-3H3;4-11,14H,12-13H2,1-3H3/q4*+1. The van der Waals surface area contributed by atoms with E-state index in [1.165, 1.54) is 12.8 Å². The summed E-state index contributed by atoms with van der Waals surface area (Å²) in [5.41, 5.74) is 2.73. The number of hydrogen-bond acceptors (Lipinski definition) is 8. The number of unbranched alkanes of at least 4 members (excludes halogenated alkanes) is 1. The van der Waals surface area contributed by atoms with Gasteiger partial charge >= 0.3 is 23.9 Å². The van der Waals surface area contributed by atoms with Crippen molar-refractivity contribution in [3.05, 3.63) is 241 Å². The Balaban J connectivity index is 0.000000165. The third-order valence-corrected chi connectivity index (χ3v) is 22.5. The van der Waals surface area contributed by atoms with Crippen LogP contribution < -0.4 is 0 Å². The normalized spacial score (nSPS) is 13.0. The Morgan fingerprint density at radius 3 is 0.776 bits per heavy atom. The number of benzene rings is 12. The third kappa shape index (κ3) is 20.2. The smallest absolute Gasteiger partial charge is 0.339 e. The van der Waals surface area contributed by atoms with Crippen LogP contribution in [-0.2, 0) is 18.9 Å². The maximum absolute atomic E-state index is 13.2. The molecule has 12 aromatic rings. The maximum Gasteiger partial charge on any atom is 0.339 e.